The molecule has 2 aromatic carbocycles. The van der Waals surface area contributed by atoms with Crippen molar-refractivity contribution in [2.75, 3.05) is 0 Å². The molecule has 3 rings (SSSR count). The number of hydrogen-bond acceptors (Lipinski definition) is 2. The van der Waals surface area contributed by atoms with Gasteiger partial charge in [0.25, 0.3) is 0 Å². The highest BCUT2D eigenvalue weighted by Gasteiger charge is 2.28. The van der Waals surface area contributed by atoms with Crippen LogP contribution >= 0.6 is 15.9 Å². The number of hydrogen-bond donors (Lipinski definition) is 1. The van der Waals surface area contributed by atoms with Crippen molar-refractivity contribution in [2.45, 2.75) is 96.7 Å². The van der Waals surface area contributed by atoms with Crippen molar-refractivity contribution in [1.82, 2.24) is 10.2 Å². The van der Waals surface area contributed by atoms with Gasteiger partial charge in [-0.15, -0.1) is 0 Å². The molecular weight excluding hydrogens is 488 g/mol. The summed E-state index contributed by atoms with van der Waals surface area (Å²) < 4.78 is 0.996. The van der Waals surface area contributed by atoms with Crippen molar-refractivity contribution in [1.29, 1.82) is 0 Å². The molecule has 4 nitrogen and oxygen atoms in total. The fourth-order valence-electron chi connectivity index (χ4n) is 4.50. The lowest BCUT2D eigenvalue weighted by Gasteiger charge is -2.31. The Morgan fingerprint density at radius 2 is 1.56 bits per heavy atom. The zero-order chi connectivity index (χ0) is 24.7. The third-order valence-corrected chi connectivity index (χ3v) is 7.36. The van der Waals surface area contributed by atoms with Crippen LogP contribution in [0.25, 0.3) is 0 Å². The summed E-state index contributed by atoms with van der Waals surface area (Å²) in [6.45, 7) is 8.88. The number of benzene rings is 2. The molecule has 0 saturated heterocycles. The number of halogens is 1. The second-order valence-corrected chi connectivity index (χ2v) is 11.5. The molecule has 1 saturated carbocycles. The Kier molecular flexibility index (Phi) is 9.35. The zero-order valence-electron chi connectivity index (χ0n) is 21.1. The van der Waals surface area contributed by atoms with E-state index in [1.165, 1.54) is 12.0 Å². The third-order valence-electron chi connectivity index (χ3n) is 6.83. The molecule has 2 aromatic rings. The predicted octanol–water partition coefficient (Wildman–Crippen LogP) is 6.55. The second-order valence-electron chi connectivity index (χ2n) is 10.6. The summed E-state index contributed by atoms with van der Waals surface area (Å²) in [6, 6.07) is 16.2. The van der Waals surface area contributed by atoms with Crippen LogP contribution in [0.2, 0.25) is 0 Å². The van der Waals surface area contributed by atoms with Gasteiger partial charge in [0.2, 0.25) is 11.8 Å². The number of aryl methyl sites for hydroxylation is 1. The van der Waals surface area contributed by atoms with E-state index in [-0.39, 0.29) is 23.3 Å². The average Bonchev–Trinajstić information content (AvgIpc) is 2.82. The Labute approximate surface area is 213 Å². The van der Waals surface area contributed by atoms with E-state index in [4.69, 9.17) is 0 Å². The molecule has 0 radical (unpaired) electrons. The van der Waals surface area contributed by atoms with Gasteiger partial charge in [0, 0.05) is 23.5 Å². The molecule has 2 amide bonds. The van der Waals surface area contributed by atoms with E-state index >= 15 is 0 Å². The van der Waals surface area contributed by atoms with Crippen LogP contribution in [0.15, 0.2) is 53.0 Å². The molecule has 1 aliphatic carbocycles. The molecular formula is C29H39BrN2O2. The van der Waals surface area contributed by atoms with Crippen molar-refractivity contribution in [2.24, 2.45) is 0 Å². The van der Waals surface area contributed by atoms with Crippen LogP contribution in [0.5, 0.6) is 0 Å². The lowest BCUT2D eigenvalue weighted by molar-refractivity contribution is -0.141. The minimum Gasteiger partial charge on any atom is -0.352 e. The number of rotatable bonds is 8. The summed E-state index contributed by atoms with van der Waals surface area (Å²) in [6.07, 6.45) is 6.67. The van der Waals surface area contributed by atoms with Crippen molar-refractivity contribution in [3.63, 3.8) is 0 Å². The Morgan fingerprint density at radius 1 is 0.971 bits per heavy atom. The van der Waals surface area contributed by atoms with Crippen molar-refractivity contribution >= 4 is 27.7 Å². The SMILES string of the molecule is CC(C(=O)NC1CCCCC1)N(Cc1ccc(Br)cc1)C(=O)CCc1ccc(C(C)(C)C)cc1. The van der Waals surface area contributed by atoms with Crippen molar-refractivity contribution in [3.8, 4) is 0 Å². The second kappa shape index (κ2) is 12.0. The molecule has 1 N–H and O–H groups in total. The van der Waals surface area contributed by atoms with Crippen LogP contribution in [0, 0.1) is 0 Å². The smallest absolute Gasteiger partial charge is 0.242 e. The van der Waals surface area contributed by atoms with E-state index in [0.29, 0.717) is 19.4 Å². The number of carbonyl (C=O) groups is 2. The molecule has 5 heteroatoms. The molecule has 1 aliphatic rings. The summed E-state index contributed by atoms with van der Waals surface area (Å²) in [5, 5.41) is 3.20. The third kappa shape index (κ3) is 7.69. The highest BCUT2D eigenvalue weighted by atomic mass is 79.9. The molecule has 1 fully saturated rings. The number of carbonyl (C=O) groups excluding carboxylic acids is 2. The molecule has 0 spiro atoms. The first-order chi connectivity index (χ1) is 16.1. The highest BCUT2D eigenvalue weighted by molar-refractivity contribution is 9.10. The van der Waals surface area contributed by atoms with E-state index in [2.05, 4.69) is 66.3 Å². The van der Waals surface area contributed by atoms with Gasteiger partial charge < -0.3 is 10.2 Å². The minimum absolute atomic E-state index is 0.00844. The van der Waals surface area contributed by atoms with Gasteiger partial charge in [0.05, 0.1) is 0 Å². The van der Waals surface area contributed by atoms with Gasteiger partial charge in [-0.1, -0.05) is 92.4 Å². The number of nitrogens with zero attached hydrogens (tertiary/aromatic N) is 1. The van der Waals surface area contributed by atoms with Gasteiger partial charge in [-0.3, -0.25) is 9.59 Å². The average molecular weight is 528 g/mol. The first kappa shape index (κ1) is 26.5. The van der Waals surface area contributed by atoms with E-state index in [0.717, 1.165) is 41.3 Å². The standard InChI is InChI=1S/C29H39BrN2O2/c1-21(28(34)31-26-8-6-5-7-9-26)32(20-23-12-17-25(30)18-13-23)27(33)19-14-22-10-15-24(16-11-22)29(2,3)4/h10-13,15-18,21,26H,5-9,14,19-20H2,1-4H3,(H,31,34). The maximum atomic E-state index is 13.4. The largest absolute Gasteiger partial charge is 0.352 e. The van der Waals surface area contributed by atoms with Gasteiger partial charge in [-0.05, 0) is 60.4 Å². The normalized spacial score (nSPS) is 15.6. The predicted molar refractivity (Wildman–Crippen MR) is 143 cm³/mol. The zero-order valence-corrected chi connectivity index (χ0v) is 22.7. The Balaban J connectivity index is 1.69. The van der Waals surface area contributed by atoms with Crippen LogP contribution in [0.4, 0.5) is 0 Å². The van der Waals surface area contributed by atoms with Crippen LogP contribution in [-0.4, -0.2) is 28.8 Å². The Bertz CT molecular complexity index is 942. The lowest BCUT2D eigenvalue weighted by Crippen LogP contribution is -2.50. The van der Waals surface area contributed by atoms with Crippen LogP contribution in [0.1, 0.15) is 82.9 Å². The fraction of sp³-hybridized carbons (Fsp3) is 0.517. The van der Waals surface area contributed by atoms with Gasteiger partial charge in [-0.2, -0.15) is 0 Å². The quantitative estimate of drug-likeness (QED) is 0.424. The van der Waals surface area contributed by atoms with E-state index in [1.807, 2.05) is 31.2 Å². The maximum absolute atomic E-state index is 13.4. The first-order valence-corrected chi connectivity index (χ1v) is 13.4. The monoisotopic (exact) mass is 526 g/mol. The van der Waals surface area contributed by atoms with Gasteiger partial charge in [0.1, 0.15) is 6.04 Å². The van der Waals surface area contributed by atoms with Crippen molar-refractivity contribution in [3.05, 3.63) is 69.7 Å². The number of amides is 2. The van der Waals surface area contributed by atoms with Crippen LogP contribution in [0.3, 0.4) is 0 Å². The maximum Gasteiger partial charge on any atom is 0.242 e. The molecule has 34 heavy (non-hydrogen) atoms. The van der Waals surface area contributed by atoms with E-state index in [1.54, 1.807) is 4.90 Å². The minimum atomic E-state index is -0.513. The molecule has 1 atom stereocenters. The molecule has 184 valence electrons. The molecule has 0 heterocycles. The fourth-order valence-corrected chi connectivity index (χ4v) is 4.77. The summed E-state index contributed by atoms with van der Waals surface area (Å²) >= 11 is 3.47. The summed E-state index contributed by atoms with van der Waals surface area (Å²) in [5.41, 5.74) is 3.55. The lowest BCUT2D eigenvalue weighted by atomic mass is 9.86. The molecule has 1 unspecified atom stereocenters. The van der Waals surface area contributed by atoms with Crippen LogP contribution < -0.4 is 5.32 Å². The van der Waals surface area contributed by atoms with E-state index in [9.17, 15) is 9.59 Å². The van der Waals surface area contributed by atoms with Crippen LogP contribution in [-0.2, 0) is 28.0 Å². The summed E-state index contributed by atoms with van der Waals surface area (Å²) in [7, 11) is 0. The van der Waals surface area contributed by atoms with E-state index < -0.39 is 6.04 Å². The van der Waals surface area contributed by atoms with Crippen molar-refractivity contribution < 1.29 is 9.59 Å². The van der Waals surface area contributed by atoms with Gasteiger partial charge in [0.15, 0.2) is 0 Å². The Hall–Kier alpha value is -2.14. The summed E-state index contributed by atoms with van der Waals surface area (Å²) in [5.74, 6) is -0.0407. The number of nitrogens with one attached hydrogen (secondary N) is 1. The molecule has 0 bridgehead atoms. The van der Waals surface area contributed by atoms with Gasteiger partial charge in [-0.25, -0.2) is 0 Å². The topological polar surface area (TPSA) is 49.4 Å². The Morgan fingerprint density at radius 3 is 2.15 bits per heavy atom. The molecule has 0 aromatic heterocycles. The first-order valence-electron chi connectivity index (χ1n) is 12.6. The highest BCUT2D eigenvalue weighted by Crippen LogP contribution is 2.23. The van der Waals surface area contributed by atoms with Gasteiger partial charge >= 0.3 is 0 Å². The summed E-state index contributed by atoms with van der Waals surface area (Å²) in [4.78, 5) is 28.2. The molecule has 0 aliphatic heterocycles.